The lowest BCUT2D eigenvalue weighted by atomic mass is 10.1. The smallest absolute Gasteiger partial charge is 0.409 e. The number of rotatable bonds is 5. The number of amides is 2. The number of H-pyrrole nitrogens is 1. The second-order valence-electron chi connectivity index (χ2n) is 6.45. The van der Waals surface area contributed by atoms with Crippen LogP contribution in [0.15, 0.2) is 47.5 Å². The molecule has 1 atom stereocenters. The van der Waals surface area contributed by atoms with Gasteiger partial charge in [-0.15, -0.1) is 0 Å². The predicted molar refractivity (Wildman–Crippen MR) is 105 cm³/mol. The lowest BCUT2D eigenvalue weighted by molar-refractivity contribution is 0.0996. The van der Waals surface area contributed by atoms with Gasteiger partial charge in [-0.05, 0) is 49.7 Å². The fourth-order valence-electron chi connectivity index (χ4n) is 3.07. The Hall–Kier alpha value is -3.90. The Labute approximate surface area is 165 Å². The fourth-order valence-corrected chi connectivity index (χ4v) is 3.07. The monoisotopic (exact) mass is 393 g/mol. The van der Waals surface area contributed by atoms with Gasteiger partial charge in [0.05, 0.1) is 22.7 Å². The zero-order valence-electron chi connectivity index (χ0n) is 15.6. The van der Waals surface area contributed by atoms with Gasteiger partial charge in [-0.2, -0.15) is 10.3 Å². The molecule has 0 spiro atoms. The number of nitriles is 1. The summed E-state index contributed by atoms with van der Waals surface area (Å²) in [5.74, 6) is -0.525. The average Bonchev–Trinajstić information content (AvgIpc) is 3.04. The summed E-state index contributed by atoms with van der Waals surface area (Å²) in [6.07, 6.45) is -0.747. The van der Waals surface area contributed by atoms with Crippen LogP contribution in [0.4, 0.5) is 10.5 Å². The van der Waals surface area contributed by atoms with E-state index in [2.05, 4.69) is 15.3 Å². The van der Waals surface area contributed by atoms with Gasteiger partial charge in [0.1, 0.15) is 0 Å². The van der Waals surface area contributed by atoms with E-state index in [0.717, 1.165) is 0 Å². The number of nitrogens with one attached hydrogen (secondary N) is 2. The molecule has 2 amide bonds. The van der Waals surface area contributed by atoms with E-state index < -0.39 is 12.0 Å². The molecule has 4 N–H and O–H groups in total. The third kappa shape index (κ3) is 4.34. The van der Waals surface area contributed by atoms with Gasteiger partial charge in [0.25, 0.3) is 5.91 Å². The van der Waals surface area contributed by atoms with Crippen LogP contribution in [0.2, 0.25) is 0 Å². The quantitative estimate of drug-likeness (QED) is 0.527. The SMILES string of the molecule is C[C@H](CCO)n1/c(=N/C(=O)c2cccc(C#N)c2)[nH]c2cc(NC(=O)O)ccc21. The lowest BCUT2D eigenvalue weighted by Gasteiger charge is -2.13. The third-order valence-electron chi connectivity index (χ3n) is 4.42. The second kappa shape index (κ2) is 8.41. The molecule has 148 valence electrons. The number of fused-ring (bicyclic) bond motifs is 1. The number of carbonyl (C=O) groups excluding carboxylic acids is 1. The molecule has 0 saturated heterocycles. The van der Waals surface area contributed by atoms with Crippen LogP contribution in [0.5, 0.6) is 0 Å². The summed E-state index contributed by atoms with van der Waals surface area (Å²) < 4.78 is 1.78. The van der Waals surface area contributed by atoms with Crippen LogP contribution in [-0.2, 0) is 0 Å². The molecule has 0 aliphatic carbocycles. The van der Waals surface area contributed by atoms with Crippen LogP contribution in [0.3, 0.4) is 0 Å². The van der Waals surface area contributed by atoms with Crippen LogP contribution >= 0.6 is 0 Å². The topological polar surface area (TPSA) is 143 Å². The molecule has 3 rings (SSSR count). The van der Waals surface area contributed by atoms with Crippen molar-refractivity contribution in [2.75, 3.05) is 11.9 Å². The Bertz CT molecular complexity index is 1190. The largest absolute Gasteiger partial charge is 0.465 e. The van der Waals surface area contributed by atoms with Crippen molar-refractivity contribution in [3.63, 3.8) is 0 Å². The summed E-state index contributed by atoms with van der Waals surface area (Å²) in [7, 11) is 0. The highest BCUT2D eigenvalue weighted by Crippen LogP contribution is 2.21. The summed E-state index contributed by atoms with van der Waals surface area (Å²) in [5, 5.41) is 29.5. The van der Waals surface area contributed by atoms with E-state index in [1.807, 2.05) is 13.0 Å². The van der Waals surface area contributed by atoms with Gasteiger partial charge in [0.2, 0.25) is 5.62 Å². The van der Waals surface area contributed by atoms with E-state index in [0.29, 0.717) is 28.7 Å². The van der Waals surface area contributed by atoms with Crippen molar-refractivity contribution in [2.24, 2.45) is 4.99 Å². The number of carbonyl (C=O) groups is 2. The molecule has 0 aliphatic rings. The van der Waals surface area contributed by atoms with Crippen LogP contribution in [-0.4, -0.2) is 38.4 Å². The van der Waals surface area contributed by atoms with E-state index in [1.54, 1.807) is 41.0 Å². The first-order chi connectivity index (χ1) is 13.9. The van der Waals surface area contributed by atoms with Gasteiger partial charge in [-0.1, -0.05) is 6.07 Å². The van der Waals surface area contributed by atoms with Crippen molar-refractivity contribution in [3.05, 3.63) is 59.2 Å². The number of aliphatic hydroxyl groups is 1. The molecule has 0 radical (unpaired) electrons. The number of benzene rings is 2. The summed E-state index contributed by atoms with van der Waals surface area (Å²) >= 11 is 0. The number of aromatic amines is 1. The number of aliphatic hydroxyl groups excluding tert-OH is 1. The fraction of sp³-hybridized carbons (Fsp3) is 0.200. The second-order valence-corrected chi connectivity index (χ2v) is 6.45. The maximum atomic E-state index is 12.7. The minimum Gasteiger partial charge on any atom is -0.465 e. The summed E-state index contributed by atoms with van der Waals surface area (Å²) in [4.78, 5) is 30.8. The van der Waals surface area contributed by atoms with Crippen LogP contribution in [0.25, 0.3) is 11.0 Å². The molecule has 0 saturated carbocycles. The van der Waals surface area contributed by atoms with Crippen molar-refractivity contribution >= 4 is 28.7 Å². The molecule has 0 aliphatic heterocycles. The van der Waals surface area contributed by atoms with E-state index >= 15 is 0 Å². The maximum Gasteiger partial charge on any atom is 0.409 e. The number of hydrogen-bond acceptors (Lipinski definition) is 4. The summed E-state index contributed by atoms with van der Waals surface area (Å²) in [6, 6.07) is 13.0. The minimum atomic E-state index is -1.19. The molecule has 9 heteroatoms. The van der Waals surface area contributed by atoms with Gasteiger partial charge < -0.3 is 19.8 Å². The third-order valence-corrected chi connectivity index (χ3v) is 4.42. The minimum absolute atomic E-state index is 0.0445. The Kier molecular flexibility index (Phi) is 5.76. The van der Waals surface area contributed by atoms with Gasteiger partial charge in [0.15, 0.2) is 0 Å². The van der Waals surface area contributed by atoms with E-state index in [-0.39, 0.29) is 23.8 Å². The van der Waals surface area contributed by atoms with Gasteiger partial charge in [-0.3, -0.25) is 10.1 Å². The van der Waals surface area contributed by atoms with E-state index in [1.165, 1.54) is 6.07 Å². The Balaban J connectivity index is 2.14. The van der Waals surface area contributed by atoms with Crippen LogP contribution in [0.1, 0.15) is 35.3 Å². The number of hydrogen-bond donors (Lipinski definition) is 4. The highest BCUT2D eigenvalue weighted by Gasteiger charge is 2.14. The van der Waals surface area contributed by atoms with E-state index in [4.69, 9.17) is 10.4 Å². The molecule has 0 fully saturated rings. The molecule has 0 bridgehead atoms. The van der Waals surface area contributed by atoms with Crippen molar-refractivity contribution < 1.29 is 19.8 Å². The van der Waals surface area contributed by atoms with Gasteiger partial charge >= 0.3 is 6.09 Å². The molecule has 29 heavy (non-hydrogen) atoms. The predicted octanol–water partition coefficient (Wildman–Crippen LogP) is 2.62. The molecule has 1 aromatic heterocycles. The maximum absolute atomic E-state index is 12.7. The Morgan fingerprint density at radius 1 is 1.31 bits per heavy atom. The van der Waals surface area contributed by atoms with Crippen molar-refractivity contribution in [1.29, 1.82) is 5.26 Å². The van der Waals surface area contributed by atoms with Crippen molar-refractivity contribution in [3.8, 4) is 6.07 Å². The highest BCUT2D eigenvalue weighted by atomic mass is 16.4. The first kappa shape index (κ1) is 19.9. The average molecular weight is 393 g/mol. The van der Waals surface area contributed by atoms with Crippen LogP contribution < -0.4 is 10.9 Å². The normalized spacial score (nSPS) is 12.5. The number of imidazole rings is 1. The zero-order chi connectivity index (χ0) is 21.0. The summed E-state index contributed by atoms with van der Waals surface area (Å²) in [6.45, 7) is 1.84. The molecular weight excluding hydrogens is 374 g/mol. The first-order valence-electron chi connectivity index (χ1n) is 8.87. The molecule has 2 aromatic carbocycles. The van der Waals surface area contributed by atoms with Crippen molar-refractivity contribution in [2.45, 2.75) is 19.4 Å². The molecule has 9 nitrogen and oxygen atoms in total. The number of carboxylic acid groups (broad SMARTS) is 1. The first-order valence-corrected chi connectivity index (χ1v) is 8.87. The Morgan fingerprint density at radius 3 is 2.79 bits per heavy atom. The van der Waals surface area contributed by atoms with Crippen LogP contribution in [0, 0.1) is 11.3 Å². The number of anilines is 1. The molecule has 0 unspecified atom stereocenters. The Morgan fingerprint density at radius 2 is 2.10 bits per heavy atom. The summed E-state index contributed by atoms with van der Waals surface area (Å²) in [5.41, 5.74) is 2.55. The van der Waals surface area contributed by atoms with Gasteiger partial charge in [-0.25, -0.2) is 4.79 Å². The zero-order valence-corrected chi connectivity index (χ0v) is 15.6. The van der Waals surface area contributed by atoms with Crippen molar-refractivity contribution in [1.82, 2.24) is 9.55 Å². The highest BCUT2D eigenvalue weighted by molar-refractivity contribution is 5.95. The van der Waals surface area contributed by atoms with E-state index in [9.17, 15) is 14.7 Å². The number of nitrogens with zero attached hydrogens (tertiary/aromatic N) is 3. The molecule has 1 heterocycles. The number of aromatic nitrogens is 2. The lowest BCUT2D eigenvalue weighted by Crippen LogP contribution is -2.24. The molecular formula is C20H19N5O4. The van der Waals surface area contributed by atoms with Gasteiger partial charge in [0, 0.05) is 23.9 Å². The standard InChI is InChI=1S/C20H19N5O4/c1-12(7-8-26)25-17-6-5-15(22-20(28)29)10-16(17)23-19(25)24-18(27)14-4-2-3-13(9-14)11-21/h2-6,9-10,12,22,26H,7-8H2,1H3,(H,28,29)(H,23,24,27)/t12-/m1/s1. The molecule has 3 aromatic rings.